The van der Waals surface area contributed by atoms with Crippen molar-refractivity contribution in [3.05, 3.63) is 193 Å². The van der Waals surface area contributed by atoms with Crippen molar-refractivity contribution in [2.24, 2.45) is 4.99 Å². The van der Waals surface area contributed by atoms with Gasteiger partial charge in [0.05, 0.1) is 5.69 Å². The molecule has 0 aliphatic carbocycles. The minimum atomic E-state index is 0.929. The molecule has 0 aromatic heterocycles. The Kier molecular flexibility index (Phi) is 11.6. The van der Waals surface area contributed by atoms with Gasteiger partial charge in [0.15, 0.2) is 0 Å². The van der Waals surface area contributed by atoms with Gasteiger partial charge in [-0.1, -0.05) is 172 Å². The second-order valence-corrected chi connectivity index (χ2v) is 12.5. The normalized spacial score (nSPS) is 12.7. The lowest BCUT2D eigenvalue weighted by Crippen LogP contribution is -1.89. The van der Waals surface area contributed by atoms with Crippen LogP contribution in [0.1, 0.15) is 56.7 Å². The molecule has 0 unspecified atom stereocenters. The first-order valence-corrected chi connectivity index (χ1v) is 17.8. The van der Waals surface area contributed by atoms with Crippen LogP contribution in [-0.4, -0.2) is 6.21 Å². The molecule has 0 atom stereocenters. The van der Waals surface area contributed by atoms with E-state index in [2.05, 4.69) is 184 Å². The predicted molar refractivity (Wildman–Crippen MR) is 220 cm³/mol. The van der Waals surface area contributed by atoms with Crippen molar-refractivity contribution in [3.8, 4) is 22.3 Å². The van der Waals surface area contributed by atoms with Gasteiger partial charge in [0.1, 0.15) is 0 Å². The van der Waals surface area contributed by atoms with Crippen molar-refractivity contribution in [2.75, 3.05) is 0 Å². The summed E-state index contributed by atoms with van der Waals surface area (Å²) in [6.07, 6.45) is 16.0. The smallest absolute Gasteiger partial charge is 0.0630 e. The monoisotopic (exact) mass is 647 g/mol. The molecule has 0 heterocycles. The molecule has 6 rings (SSSR count). The molecule has 0 bridgehead atoms. The largest absolute Gasteiger partial charge is 0.257 e. The van der Waals surface area contributed by atoms with Crippen molar-refractivity contribution >= 4 is 39.4 Å². The summed E-state index contributed by atoms with van der Waals surface area (Å²) in [5.41, 5.74) is 13.2. The lowest BCUT2D eigenvalue weighted by Gasteiger charge is -2.12. The highest BCUT2D eigenvalue weighted by Crippen LogP contribution is 2.31. The van der Waals surface area contributed by atoms with Gasteiger partial charge in [-0.2, -0.15) is 0 Å². The van der Waals surface area contributed by atoms with E-state index < -0.39 is 0 Å². The Bertz CT molecular complexity index is 2160. The maximum atomic E-state index is 4.75. The van der Waals surface area contributed by atoms with Crippen LogP contribution < -0.4 is 0 Å². The fourth-order valence-electron chi connectivity index (χ4n) is 6.34. The molecule has 0 saturated carbocycles. The van der Waals surface area contributed by atoms with E-state index in [1.807, 2.05) is 19.2 Å². The average Bonchev–Trinajstić information content (AvgIpc) is 3.18. The zero-order chi connectivity index (χ0) is 34.5. The maximum absolute atomic E-state index is 4.75. The summed E-state index contributed by atoms with van der Waals surface area (Å²) in [4.78, 5) is 4.75. The SMILES string of the molecule is C/C=C\C(=C/C=Nc1ccc(-c2ccc(/C(=C/C(=C/CC)c3ccc4ccccc4c3)CCC)cc2)cc1)c1ccc(-c2ccccc2)cc1. The average molecular weight is 648 g/mol. The second kappa shape index (κ2) is 17.0. The summed E-state index contributed by atoms with van der Waals surface area (Å²) < 4.78 is 0. The number of nitrogens with zero attached hydrogens (tertiary/aromatic N) is 1. The summed E-state index contributed by atoms with van der Waals surface area (Å²) in [7, 11) is 0. The number of rotatable bonds is 12. The Morgan fingerprint density at radius 2 is 1.14 bits per heavy atom. The first kappa shape index (κ1) is 34.1. The molecule has 6 aromatic rings. The van der Waals surface area contributed by atoms with Gasteiger partial charge in [0.2, 0.25) is 0 Å². The third kappa shape index (κ3) is 8.62. The molecular formula is C49H45N. The number of hydrogen-bond acceptors (Lipinski definition) is 1. The zero-order valence-corrected chi connectivity index (χ0v) is 29.4. The molecule has 0 aliphatic heterocycles. The molecule has 50 heavy (non-hydrogen) atoms. The summed E-state index contributed by atoms with van der Waals surface area (Å²) in [6, 6.07) is 52.1. The van der Waals surface area contributed by atoms with Crippen LogP contribution in [0.3, 0.4) is 0 Å². The van der Waals surface area contributed by atoms with Crippen molar-refractivity contribution in [3.63, 3.8) is 0 Å². The molecule has 0 saturated heterocycles. The zero-order valence-electron chi connectivity index (χ0n) is 29.4. The van der Waals surface area contributed by atoms with E-state index >= 15 is 0 Å². The highest BCUT2D eigenvalue weighted by Gasteiger charge is 2.07. The molecule has 0 radical (unpaired) electrons. The predicted octanol–water partition coefficient (Wildman–Crippen LogP) is 14.2. The Hall–Kier alpha value is -5.79. The van der Waals surface area contributed by atoms with Crippen LogP contribution >= 0.6 is 0 Å². The van der Waals surface area contributed by atoms with E-state index in [-0.39, 0.29) is 0 Å². The van der Waals surface area contributed by atoms with Gasteiger partial charge in [-0.05, 0) is 110 Å². The van der Waals surface area contributed by atoms with Crippen LogP contribution in [-0.2, 0) is 0 Å². The molecule has 1 heteroatoms. The van der Waals surface area contributed by atoms with Gasteiger partial charge in [0, 0.05) is 6.21 Å². The van der Waals surface area contributed by atoms with E-state index in [4.69, 9.17) is 4.99 Å². The van der Waals surface area contributed by atoms with Crippen molar-refractivity contribution in [2.45, 2.75) is 40.0 Å². The molecule has 0 aliphatic rings. The van der Waals surface area contributed by atoms with E-state index in [1.54, 1.807) is 0 Å². The molecule has 0 N–H and O–H groups in total. The van der Waals surface area contributed by atoms with Crippen molar-refractivity contribution in [1.82, 2.24) is 0 Å². The summed E-state index contributed by atoms with van der Waals surface area (Å²) in [5, 5.41) is 2.55. The Balaban J connectivity index is 1.16. The first-order chi connectivity index (χ1) is 24.6. The maximum Gasteiger partial charge on any atom is 0.0630 e. The van der Waals surface area contributed by atoms with E-state index in [0.29, 0.717) is 0 Å². The van der Waals surface area contributed by atoms with Gasteiger partial charge in [0.25, 0.3) is 0 Å². The Morgan fingerprint density at radius 3 is 1.78 bits per heavy atom. The topological polar surface area (TPSA) is 12.4 Å². The molecule has 0 spiro atoms. The van der Waals surface area contributed by atoms with Crippen LogP contribution in [0.4, 0.5) is 5.69 Å². The van der Waals surface area contributed by atoms with Crippen LogP contribution in [0.15, 0.2) is 181 Å². The van der Waals surface area contributed by atoms with Crippen LogP contribution in [0.25, 0.3) is 49.7 Å². The molecule has 0 fully saturated rings. The standard InChI is InChI=1S/C49H45N/c1-4-12-37(40-19-21-41(22-20-40)38-15-8-7-9-16-38)33-34-50-49-31-29-43(30-32-49)42-23-25-44(26-24-42)45(13-5-2)35-46(14-6-3)48-28-27-39-17-10-11-18-47(39)36-48/h4,7-12,14-36H,5-6,13H2,1-3H3/b12-4-,37-33+,45-35+,46-14-,50-34?. The Labute approximate surface area is 298 Å². The van der Waals surface area contributed by atoms with Gasteiger partial charge in [-0.3, -0.25) is 4.99 Å². The molecule has 6 aromatic carbocycles. The van der Waals surface area contributed by atoms with Gasteiger partial charge in [-0.15, -0.1) is 0 Å². The first-order valence-electron chi connectivity index (χ1n) is 17.8. The second-order valence-electron chi connectivity index (χ2n) is 12.5. The van der Waals surface area contributed by atoms with Crippen LogP contribution in [0.2, 0.25) is 0 Å². The van der Waals surface area contributed by atoms with Crippen LogP contribution in [0.5, 0.6) is 0 Å². The van der Waals surface area contributed by atoms with E-state index in [9.17, 15) is 0 Å². The third-order valence-electron chi connectivity index (χ3n) is 8.96. The third-order valence-corrected chi connectivity index (χ3v) is 8.96. The number of benzene rings is 6. The molecular weight excluding hydrogens is 603 g/mol. The summed E-state index contributed by atoms with van der Waals surface area (Å²) in [5.74, 6) is 0. The lowest BCUT2D eigenvalue weighted by atomic mass is 9.93. The number of hydrogen-bond donors (Lipinski definition) is 0. The summed E-state index contributed by atoms with van der Waals surface area (Å²) in [6.45, 7) is 6.51. The van der Waals surface area contributed by atoms with Crippen molar-refractivity contribution < 1.29 is 0 Å². The highest BCUT2D eigenvalue weighted by atomic mass is 14.7. The molecule has 246 valence electrons. The van der Waals surface area contributed by atoms with E-state index in [0.717, 1.165) is 36.1 Å². The number of fused-ring (bicyclic) bond motifs is 1. The number of aliphatic imine (C=N–C) groups is 1. The molecule has 0 amide bonds. The quantitative estimate of drug-likeness (QED) is 0.0926. The summed E-state index contributed by atoms with van der Waals surface area (Å²) >= 11 is 0. The van der Waals surface area contributed by atoms with Gasteiger partial charge < -0.3 is 0 Å². The fourth-order valence-corrected chi connectivity index (χ4v) is 6.34. The number of allylic oxidation sites excluding steroid dienone is 8. The highest BCUT2D eigenvalue weighted by molar-refractivity contribution is 5.91. The molecule has 1 nitrogen and oxygen atoms in total. The fraction of sp³-hybridized carbons (Fsp3) is 0.122. The minimum absolute atomic E-state index is 0.929. The van der Waals surface area contributed by atoms with Gasteiger partial charge >= 0.3 is 0 Å². The van der Waals surface area contributed by atoms with Gasteiger partial charge in [-0.25, -0.2) is 0 Å². The lowest BCUT2D eigenvalue weighted by molar-refractivity contribution is 0.973. The van der Waals surface area contributed by atoms with Crippen LogP contribution in [0, 0.1) is 0 Å². The Morgan fingerprint density at radius 1 is 0.560 bits per heavy atom. The van der Waals surface area contributed by atoms with Crippen molar-refractivity contribution in [1.29, 1.82) is 0 Å². The minimum Gasteiger partial charge on any atom is -0.257 e. The van der Waals surface area contributed by atoms with E-state index in [1.165, 1.54) is 55.3 Å².